The van der Waals surface area contributed by atoms with Gasteiger partial charge in [-0.05, 0) is 71.0 Å². The summed E-state index contributed by atoms with van der Waals surface area (Å²) in [5.41, 5.74) is 0. The molecule has 0 rings (SSSR count). The van der Waals surface area contributed by atoms with Crippen LogP contribution in [0.5, 0.6) is 0 Å². The van der Waals surface area contributed by atoms with Crippen LogP contribution in [-0.4, -0.2) is 49.7 Å². The van der Waals surface area contributed by atoms with E-state index >= 15 is 0 Å². The minimum absolute atomic E-state index is 0.0851. The second-order valence-electron chi connectivity index (χ2n) is 17.9. The molecule has 0 fully saturated rings. The molecule has 0 radical (unpaired) electrons. The van der Waals surface area contributed by atoms with E-state index in [9.17, 15) is 9.59 Å². The SMILES string of the molecule is CCCCCCCCC(CCCCCC)C(=O)OCCCCCCCCCN(CC)CCCCCCCCCOC(=O)C(CCCCCC)CCCCCCCC. The highest BCUT2D eigenvalue weighted by Gasteiger charge is 2.20. The van der Waals surface area contributed by atoms with E-state index in [1.165, 1.54) is 219 Å². The Kier molecular flexibility index (Phi) is 45.1. The van der Waals surface area contributed by atoms with Crippen molar-refractivity contribution in [2.45, 2.75) is 279 Å². The second kappa shape index (κ2) is 46.0. The van der Waals surface area contributed by atoms with Crippen molar-refractivity contribution >= 4 is 11.9 Å². The van der Waals surface area contributed by atoms with Gasteiger partial charge in [-0.15, -0.1) is 0 Å². The molecule has 0 spiro atoms. The van der Waals surface area contributed by atoms with Crippen molar-refractivity contribution in [2.75, 3.05) is 32.8 Å². The zero-order valence-electron chi connectivity index (χ0n) is 39.6. The molecule has 0 aliphatic carbocycles. The first-order chi connectivity index (χ1) is 28.0. The van der Waals surface area contributed by atoms with Crippen LogP contribution in [0, 0.1) is 11.8 Å². The normalized spacial score (nSPS) is 12.7. The molecule has 57 heavy (non-hydrogen) atoms. The molecule has 0 aliphatic heterocycles. The lowest BCUT2D eigenvalue weighted by Crippen LogP contribution is -2.25. The Labute approximate surface area is 358 Å². The molecule has 2 unspecified atom stereocenters. The van der Waals surface area contributed by atoms with Crippen LogP contribution < -0.4 is 0 Å². The summed E-state index contributed by atoms with van der Waals surface area (Å²) < 4.78 is 11.6. The Morgan fingerprint density at radius 1 is 0.333 bits per heavy atom. The van der Waals surface area contributed by atoms with E-state index in [4.69, 9.17) is 9.47 Å². The van der Waals surface area contributed by atoms with Gasteiger partial charge in [0.25, 0.3) is 0 Å². The Balaban J connectivity index is 3.90. The molecule has 2 atom stereocenters. The number of unbranched alkanes of at least 4 members (excludes halogenated alkanes) is 28. The Hall–Kier alpha value is -1.10. The molecule has 0 heterocycles. The third-order valence-corrected chi connectivity index (χ3v) is 12.5. The molecular formula is C52H103NO4. The van der Waals surface area contributed by atoms with Crippen molar-refractivity contribution in [2.24, 2.45) is 11.8 Å². The summed E-state index contributed by atoms with van der Waals surface area (Å²) in [6, 6.07) is 0. The molecule has 0 saturated heterocycles. The van der Waals surface area contributed by atoms with Crippen LogP contribution in [-0.2, 0) is 19.1 Å². The molecule has 0 aliphatic rings. The lowest BCUT2D eigenvalue weighted by molar-refractivity contribution is -0.150. The molecule has 340 valence electrons. The number of carbonyl (C=O) groups excluding carboxylic acids is 2. The highest BCUT2D eigenvalue weighted by atomic mass is 16.5. The molecule has 0 aromatic heterocycles. The van der Waals surface area contributed by atoms with E-state index in [0.717, 1.165) is 45.1 Å². The molecule has 0 aromatic rings. The predicted molar refractivity (Wildman–Crippen MR) is 249 cm³/mol. The topological polar surface area (TPSA) is 55.8 Å². The van der Waals surface area contributed by atoms with Crippen LogP contribution in [0.1, 0.15) is 279 Å². The van der Waals surface area contributed by atoms with Crippen LogP contribution in [0.4, 0.5) is 0 Å². The van der Waals surface area contributed by atoms with Gasteiger partial charge in [0.2, 0.25) is 0 Å². The van der Waals surface area contributed by atoms with Gasteiger partial charge in [-0.1, -0.05) is 227 Å². The minimum atomic E-state index is 0.0851. The lowest BCUT2D eigenvalue weighted by Gasteiger charge is -2.20. The maximum Gasteiger partial charge on any atom is 0.308 e. The second-order valence-corrected chi connectivity index (χ2v) is 17.9. The zero-order valence-corrected chi connectivity index (χ0v) is 39.6. The molecule has 5 nitrogen and oxygen atoms in total. The molecule has 0 amide bonds. The van der Waals surface area contributed by atoms with Gasteiger partial charge in [0.15, 0.2) is 0 Å². The number of carbonyl (C=O) groups is 2. The molecule has 5 heteroatoms. The van der Waals surface area contributed by atoms with Gasteiger partial charge in [0.05, 0.1) is 25.0 Å². The highest BCUT2D eigenvalue weighted by Crippen LogP contribution is 2.22. The maximum atomic E-state index is 12.9. The van der Waals surface area contributed by atoms with Gasteiger partial charge in [0.1, 0.15) is 0 Å². The summed E-state index contributed by atoms with van der Waals surface area (Å²) in [6.07, 6.45) is 46.8. The summed E-state index contributed by atoms with van der Waals surface area (Å²) in [6.45, 7) is 16.2. The molecule has 0 bridgehead atoms. The third-order valence-electron chi connectivity index (χ3n) is 12.5. The van der Waals surface area contributed by atoms with Crippen molar-refractivity contribution in [3.8, 4) is 0 Å². The molecule has 0 aromatic carbocycles. The number of nitrogens with zero attached hydrogens (tertiary/aromatic N) is 1. The summed E-state index contributed by atoms with van der Waals surface area (Å²) in [5.74, 6) is 0.418. The first-order valence-electron chi connectivity index (χ1n) is 26.1. The fourth-order valence-corrected chi connectivity index (χ4v) is 8.39. The zero-order chi connectivity index (χ0) is 41.7. The summed E-state index contributed by atoms with van der Waals surface area (Å²) >= 11 is 0. The Bertz CT molecular complexity index is 754. The summed E-state index contributed by atoms with van der Waals surface area (Å²) in [4.78, 5) is 28.4. The van der Waals surface area contributed by atoms with Gasteiger partial charge in [-0.25, -0.2) is 0 Å². The molecule has 0 N–H and O–H groups in total. The number of hydrogen-bond donors (Lipinski definition) is 0. The molecule has 0 saturated carbocycles. The van der Waals surface area contributed by atoms with E-state index in [1.807, 2.05) is 0 Å². The average Bonchev–Trinajstić information content (AvgIpc) is 3.22. The first-order valence-corrected chi connectivity index (χ1v) is 26.1. The Morgan fingerprint density at radius 3 is 0.877 bits per heavy atom. The maximum absolute atomic E-state index is 12.9. The van der Waals surface area contributed by atoms with E-state index < -0.39 is 0 Å². The van der Waals surface area contributed by atoms with Gasteiger partial charge in [0, 0.05) is 0 Å². The number of rotatable bonds is 47. The van der Waals surface area contributed by atoms with Crippen LogP contribution >= 0.6 is 0 Å². The molecular weight excluding hydrogens is 703 g/mol. The van der Waals surface area contributed by atoms with E-state index in [2.05, 4.69) is 39.5 Å². The Morgan fingerprint density at radius 2 is 0.579 bits per heavy atom. The van der Waals surface area contributed by atoms with Crippen molar-refractivity contribution in [1.29, 1.82) is 0 Å². The van der Waals surface area contributed by atoms with Crippen molar-refractivity contribution in [3.05, 3.63) is 0 Å². The van der Waals surface area contributed by atoms with Crippen molar-refractivity contribution in [1.82, 2.24) is 4.90 Å². The van der Waals surface area contributed by atoms with Crippen molar-refractivity contribution in [3.63, 3.8) is 0 Å². The summed E-state index contributed by atoms with van der Waals surface area (Å²) in [7, 11) is 0. The van der Waals surface area contributed by atoms with E-state index in [-0.39, 0.29) is 23.8 Å². The third kappa shape index (κ3) is 38.8. The van der Waals surface area contributed by atoms with Gasteiger partial charge in [-0.2, -0.15) is 0 Å². The number of esters is 2. The highest BCUT2D eigenvalue weighted by molar-refractivity contribution is 5.72. The van der Waals surface area contributed by atoms with Gasteiger partial charge >= 0.3 is 11.9 Å². The first kappa shape index (κ1) is 55.9. The van der Waals surface area contributed by atoms with Gasteiger partial charge < -0.3 is 14.4 Å². The smallest absolute Gasteiger partial charge is 0.308 e. The number of hydrogen-bond acceptors (Lipinski definition) is 5. The fourth-order valence-electron chi connectivity index (χ4n) is 8.39. The van der Waals surface area contributed by atoms with Crippen LogP contribution in [0.15, 0.2) is 0 Å². The number of ether oxygens (including phenoxy) is 2. The predicted octanol–water partition coefficient (Wildman–Crippen LogP) is 16.5. The van der Waals surface area contributed by atoms with Gasteiger partial charge in [-0.3, -0.25) is 9.59 Å². The van der Waals surface area contributed by atoms with Crippen LogP contribution in [0.2, 0.25) is 0 Å². The van der Waals surface area contributed by atoms with E-state index in [0.29, 0.717) is 13.2 Å². The minimum Gasteiger partial charge on any atom is -0.465 e. The van der Waals surface area contributed by atoms with E-state index in [1.54, 1.807) is 0 Å². The summed E-state index contributed by atoms with van der Waals surface area (Å²) in [5, 5.41) is 0. The van der Waals surface area contributed by atoms with Crippen molar-refractivity contribution < 1.29 is 19.1 Å². The lowest BCUT2D eigenvalue weighted by atomic mass is 9.94. The quantitative estimate of drug-likeness (QED) is 0.0453. The standard InChI is InChI=1S/C52H103NO4/c1-6-11-15-19-27-35-43-49(41-33-17-13-8-3)51(54)56-47-39-31-25-21-23-29-37-45-53(10-5)46-38-30-24-22-26-32-40-48-57-52(55)50(42-34-18-14-9-4)44-36-28-20-16-12-7-2/h49-50H,6-48H2,1-5H3. The van der Waals surface area contributed by atoms with Crippen LogP contribution in [0.3, 0.4) is 0 Å². The average molecular weight is 806 g/mol. The van der Waals surface area contributed by atoms with Crippen LogP contribution in [0.25, 0.3) is 0 Å². The fraction of sp³-hybridized carbons (Fsp3) is 0.962. The largest absolute Gasteiger partial charge is 0.465 e. The monoisotopic (exact) mass is 806 g/mol.